The van der Waals surface area contributed by atoms with E-state index >= 15 is 0 Å². The second-order valence-corrected chi connectivity index (χ2v) is 4.89. The molecule has 1 N–H and O–H groups in total. The summed E-state index contributed by atoms with van der Waals surface area (Å²) in [5.74, 6) is 1.10. The summed E-state index contributed by atoms with van der Waals surface area (Å²) in [7, 11) is 0. The first-order valence-electron chi connectivity index (χ1n) is 6.77. The van der Waals surface area contributed by atoms with Crippen LogP contribution in [0.1, 0.15) is 37.1 Å². The van der Waals surface area contributed by atoms with E-state index in [4.69, 9.17) is 5.11 Å². The molecule has 2 rings (SSSR count). The second kappa shape index (κ2) is 6.01. The van der Waals surface area contributed by atoms with Crippen LogP contribution in [0.5, 0.6) is 0 Å². The summed E-state index contributed by atoms with van der Waals surface area (Å²) in [5.41, 5.74) is 3.62. The quantitative estimate of drug-likeness (QED) is 0.795. The lowest BCUT2D eigenvalue weighted by atomic mass is 10.2. The van der Waals surface area contributed by atoms with Crippen molar-refractivity contribution in [2.45, 2.75) is 46.1 Å². The van der Waals surface area contributed by atoms with Crippen molar-refractivity contribution in [3.8, 4) is 0 Å². The molecule has 0 amide bonds. The smallest absolute Gasteiger partial charge is 0.106 e. The maximum absolute atomic E-state index is 8.75. The van der Waals surface area contributed by atoms with Gasteiger partial charge >= 0.3 is 0 Å². The van der Waals surface area contributed by atoms with Gasteiger partial charge in [-0.1, -0.05) is 25.0 Å². The lowest BCUT2D eigenvalue weighted by Crippen LogP contribution is -2.00. The van der Waals surface area contributed by atoms with Crippen LogP contribution in [0.2, 0.25) is 0 Å². The van der Waals surface area contributed by atoms with Crippen molar-refractivity contribution in [2.75, 3.05) is 6.61 Å². The van der Waals surface area contributed by atoms with Crippen molar-refractivity contribution in [1.82, 2.24) is 9.55 Å². The fourth-order valence-electron chi connectivity index (χ4n) is 2.42. The van der Waals surface area contributed by atoms with E-state index in [2.05, 4.69) is 41.6 Å². The zero-order chi connectivity index (χ0) is 13.0. The summed E-state index contributed by atoms with van der Waals surface area (Å²) in [6, 6.07) is 6.36. The number of imidazole rings is 1. The molecule has 0 saturated carbocycles. The van der Waals surface area contributed by atoms with Crippen molar-refractivity contribution in [2.24, 2.45) is 0 Å². The number of aryl methyl sites for hydroxylation is 3. The number of rotatable bonds is 6. The number of aliphatic hydroxyl groups is 1. The maximum Gasteiger partial charge on any atom is 0.106 e. The molecule has 1 aromatic heterocycles. The Balaban J connectivity index is 2.08. The van der Waals surface area contributed by atoms with E-state index < -0.39 is 0 Å². The van der Waals surface area contributed by atoms with E-state index in [9.17, 15) is 0 Å². The third-order valence-electron chi connectivity index (χ3n) is 3.46. The first-order chi connectivity index (χ1) is 8.74. The van der Waals surface area contributed by atoms with Crippen molar-refractivity contribution in [3.05, 3.63) is 29.6 Å². The molecule has 0 aliphatic heterocycles. The monoisotopic (exact) mass is 246 g/mol. The fourth-order valence-corrected chi connectivity index (χ4v) is 2.42. The van der Waals surface area contributed by atoms with Gasteiger partial charge in [-0.3, -0.25) is 0 Å². The summed E-state index contributed by atoms with van der Waals surface area (Å²) >= 11 is 0. The zero-order valence-electron chi connectivity index (χ0n) is 11.3. The number of para-hydroxylation sites is 1. The van der Waals surface area contributed by atoms with E-state index in [1.54, 1.807) is 0 Å². The van der Waals surface area contributed by atoms with Crippen LogP contribution in [-0.2, 0) is 6.54 Å². The highest BCUT2D eigenvalue weighted by atomic mass is 16.2. The van der Waals surface area contributed by atoms with Gasteiger partial charge in [0.25, 0.3) is 0 Å². The second-order valence-electron chi connectivity index (χ2n) is 4.89. The Morgan fingerprint density at radius 2 is 1.89 bits per heavy atom. The van der Waals surface area contributed by atoms with Gasteiger partial charge in [0.05, 0.1) is 11.0 Å². The molecule has 18 heavy (non-hydrogen) atoms. The van der Waals surface area contributed by atoms with Crippen LogP contribution in [-0.4, -0.2) is 21.3 Å². The topological polar surface area (TPSA) is 38.0 Å². The van der Waals surface area contributed by atoms with Gasteiger partial charge in [0.2, 0.25) is 0 Å². The SMILES string of the molecule is Cc1cccc2c1nc(C)n2CCCCCCO. The van der Waals surface area contributed by atoms with Crippen LogP contribution in [0.4, 0.5) is 0 Å². The third kappa shape index (κ3) is 2.72. The van der Waals surface area contributed by atoms with Crippen molar-refractivity contribution in [1.29, 1.82) is 0 Å². The average molecular weight is 246 g/mol. The van der Waals surface area contributed by atoms with Gasteiger partial charge < -0.3 is 9.67 Å². The van der Waals surface area contributed by atoms with Crippen LogP contribution >= 0.6 is 0 Å². The molecule has 0 atom stereocenters. The lowest BCUT2D eigenvalue weighted by molar-refractivity contribution is 0.282. The normalized spacial score (nSPS) is 11.3. The molecule has 2 aromatic rings. The first-order valence-corrected chi connectivity index (χ1v) is 6.77. The Morgan fingerprint density at radius 1 is 1.11 bits per heavy atom. The molecule has 3 heteroatoms. The minimum Gasteiger partial charge on any atom is -0.396 e. The number of hydrogen-bond donors (Lipinski definition) is 1. The standard InChI is InChI=1S/C15H22N2O/c1-12-8-7-9-14-15(12)16-13(2)17(14)10-5-3-4-6-11-18/h7-9,18H,3-6,10-11H2,1-2H3. The van der Waals surface area contributed by atoms with E-state index in [1.165, 1.54) is 17.5 Å². The highest BCUT2D eigenvalue weighted by molar-refractivity contribution is 5.79. The number of aliphatic hydroxyl groups excluding tert-OH is 1. The number of fused-ring (bicyclic) bond motifs is 1. The summed E-state index contributed by atoms with van der Waals surface area (Å²) < 4.78 is 2.31. The van der Waals surface area contributed by atoms with Crippen LogP contribution in [0.15, 0.2) is 18.2 Å². The fraction of sp³-hybridized carbons (Fsp3) is 0.533. The predicted molar refractivity (Wildman–Crippen MR) is 74.8 cm³/mol. The molecule has 98 valence electrons. The Labute approximate surface area is 108 Å². The first kappa shape index (κ1) is 13.1. The minimum atomic E-state index is 0.312. The summed E-state index contributed by atoms with van der Waals surface area (Å²) in [4.78, 5) is 4.65. The Bertz CT molecular complexity index is 516. The summed E-state index contributed by atoms with van der Waals surface area (Å²) in [6.07, 6.45) is 4.36. The number of benzene rings is 1. The Hall–Kier alpha value is -1.35. The van der Waals surface area contributed by atoms with Gasteiger partial charge in [0.15, 0.2) is 0 Å². The maximum atomic E-state index is 8.75. The van der Waals surface area contributed by atoms with Crippen LogP contribution < -0.4 is 0 Å². The highest BCUT2D eigenvalue weighted by Crippen LogP contribution is 2.20. The molecule has 1 heterocycles. The highest BCUT2D eigenvalue weighted by Gasteiger charge is 2.08. The van der Waals surface area contributed by atoms with Crippen molar-refractivity contribution < 1.29 is 5.11 Å². The molecule has 0 saturated heterocycles. The molecule has 0 bridgehead atoms. The van der Waals surface area contributed by atoms with E-state index in [0.717, 1.165) is 37.1 Å². The van der Waals surface area contributed by atoms with Gasteiger partial charge in [-0.15, -0.1) is 0 Å². The number of hydrogen-bond acceptors (Lipinski definition) is 2. The number of nitrogens with zero attached hydrogens (tertiary/aromatic N) is 2. The van der Waals surface area contributed by atoms with Gasteiger partial charge in [0.1, 0.15) is 5.82 Å². The zero-order valence-corrected chi connectivity index (χ0v) is 11.3. The van der Waals surface area contributed by atoms with Gasteiger partial charge in [-0.25, -0.2) is 4.98 Å². The van der Waals surface area contributed by atoms with E-state index in [-0.39, 0.29) is 0 Å². The molecule has 0 fully saturated rings. The molecular formula is C15H22N2O. The molecule has 0 aliphatic carbocycles. The van der Waals surface area contributed by atoms with E-state index in [1.807, 2.05) is 0 Å². The predicted octanol–water partition coefficient (Wildman–Crippen LogP) is 3.21. The Morgan fingerprint density at radius 3 is 2.67 bits per heavy atom. The van der Waals surface area contributed by atoms with Gasteiger partial charge in [-0.05, 0) is 38.3 Å². The van der Waals surface area contributed by atoms with Gasteiger partial charge in [-0.2, -0.15) is 0 Å². The molecule has 0 aliphatic rings. The summed E-state index contributed by atoms with van der Waals surface area (Å²) in [5, 5.41) is 8.75. The number of aromatic nitrogens is 2. The lowest BCUT2D eigenvalue weighted by Gasteiger charge is -2.06. The largest absolute Gasteiger partial charge is 0.396 e. The molecule has 3 nitrogen and oxygen atoms in total. The molecule has 0 unspecified atom stereocenters. The van der Waals surface area contributed by atoms with E-state index in [0.29, 0.717) is 6.61 Å². The van der Waals surface area contributed by atoms with Crippen molar-refractivity contribution in [3.63, 3.8) is 0 Å². The van der Waals surface area contributed by atoms with Crippen LogP contribution in [0.25, 0.3) is 11.0 Å². The minimum absolute atomic E-state index is 0.312. The number of unbranched alkanes of at least 4 members (excludes halogenated alkanes) is 3. The van der Waals surface area contributed by atoms with Crippen LogP contribution in [0, 0.1) is 13.8 Å². The molecular weight excluding hydrogens is 224 g/mol. The van der Waals surface area contributed by atoms with Crippen molar-refractivity contribution >= 4 is 11.0 Å². The Kier molecular flexibility index (Phi) is 4.37. The van der Waals surface area contributed by atoms with Crippen LogP contribution in [0.3, 0.4) is 0 Å². The van der Waals surface area contributed by atoms with Gasteiger partial charge in [0, 0.05) is 13.2 Å². The average Bonchev–Trinajstić information content (AvgIpc) is 2.68. The molecule has 1 aromatic carbocycles. The molecule has 0 spiro atoms. The molecule has 0 radical (unpaired) electrons. The third-order valence-corrected chi connectivity index (χ3v) is 3.46. The summed E-state index contributed by atoms with van der Waals surface area (Å²) in [6.45, 7) is 5.52.